The number of hydrogen-bond acceptors (Lipinski definition) is 3. The lowest BCUT2D eigenvalue weighted by atomic mass is 9.99. The Labute approximate surface area is 245 Å². The summed E-state index contributed by atoms with van der Waals surface area (Å²) in [5, 5.41) is 6.70. The molecule has 0 saturated heterocycles. The summed E-state index contributed by atoms with van der Waals surface area (Å²) >= 11 is 0. The first-order valence-electron chi connectivity index (χ1n) is 14.5. The van der Waals surface area contributed by atoms with E-state index in [-0.39, 0.29) is 0 Å². The van der Waals surface area contributed by atoms with Gasteiger partial charge in [0.2, 0.25) is 0 Å². The average Bonchev–Trinajstić information content (AvgIpc) is 3.73. The first-order chi connectivity index (χ1) is 21.3. The van der Waals surface area contributed by atoms with Crippen LogP contribution in [0.15, 0.2) is 142 Å². The molecular weight excluding hydrogens is 528 g/mol. The Morgan fingerprint density at radius 1 is 0.465 bits per heavy atom. The lowest BCUT2D eigenvalue weighted by Gasteiger charge is -2.11. The summed E-state index contributed by atoms with van der Waals surface area (Å²) < 4.78 is 15.3. The van der Waals surface area contributed by atoms with Gasteiger partial charge in [-0.1, -0.05) is 78.9 Å². The molecule has 0 saturated carbocycles. The molecule has 4 nitrogen and oxygen atoms in total. The third-order valence-corrected chi connectivity index (χ3v) is 8.80. The van der Waals surface area contributed by atoms with Crippen molar-refractivity contribution >= 4 is 76.7 Å². The van der Waals surface area contributed by atoms with E-state index >= 15 is 0 Å². The van der Waals surface area contributed by atoms with Gasteiger partial charge in [0.15, 0.2) is 5.58 Å². The molecule has 4 heterocycles. The van der Waals surface area contributed by atoms with Crippen LogP contribution in [0.2, 0.25) is 0 Å². The van der Waals surface area contributed by atoms with Crippen LogP contribution >= 0.6 is 0 Å². The summed E-state index contributed by atoms with van der Waals surface area (Å²) in [7, 11) is 0. The Bertz CT molecular complexity index is 2720. The lowest BCUT2D eigenvalue weighted by molar-refractivity contribution is 0.670. The van der Waals surface area contributed by atoms with Crippen LogP contribution in [-0.4, -0.2) is 9.55 Å². The molecule has 0 radical (unpaired) electrons. The molecule has 0 amide bonds. The summed E-state index contributed by atoms with van der Waals surface area (Å²) in [6.45, 7) is 0. The van der Waals surface area contributed by atoms with Gasteiger partial charge < -0.3 is 13.4 Å². The maximum atomic E-state index is 6.48. The van der Waals surface area contributed by atoms with Gasteiger partial charge in [-0.05, 0) is 60.2 Å². The summed E-state index contributed by atoms with van der Waals surface area (Å²) in [6.07, 6.45) is 0. The van der Waals surface area contributed by atoms with Gasteiger partial charge in [-0.15, -0.1) is 0 Å². The Balaban J connectivity index is 1.23. The molecule has 0 unspecified atom stereocenters. The third-order valence-electron chi connectivity index (χ3n) is 8.80. The summed E-state index contributed by atoms with van der Waals surface area (Å²) in [5.74, 6) is 0. The van der Waals surface area contributed by atoms with Crippen LogP contribution in [0.1, 0.15) is 0 Å². The van der Waals surface area contributed by atoms with E-state index in [9.17, 15) is 0 Å². The number of aromatic nitrogens is 2. The zero-order chi connectivity index (χ0) is 28.1. The molecule has 0 aliphatic rings. The van der Waals surface area contributed by atoms with Crippen LogP contribution < -0.4 is 0 Å². The van der Waals surface area contributed by atoms with Crippen molar-refractivity contribution in [2.75, 3.05) is 0 Å². The smallest absolute Gasteiger partial charge is 0.162 e. The standard InChI is InChI=1S/C39H22N2O2/c1-5-13-30-27(10-1)35(39-37(40-30)29-12-4-8-16-34(29)43-39)23-17-19-24(20-18-23)41-31-14-6-2-11-28(31)36-32(41)22-21-26-25-9-3-7-15-33(25)42-38(26)36/h1-22H. The minimum absolute atomic E-state index is 0.816. The zero-order valence-corrected chi connectivity index (χ0v) is 22.9. The molecule has 10 aromatic rings. The fourth-order valence-corrected chi connectivity index (χ4v) is 6.91. The van der Waals surface area contributed by atoms with E-state index in [1.54, 1.807) is 0 Å². The number of benzene rings is 6. The van der Waals surface area contributed by atoms with E-state index in [1.165, 1.54) is 5.39 Å². The quantitative estimate of drug-likeness (QED) is 0.215. The molecule has 0 spiro atoms. The highest BCUT2D eigenvalue weighted by molar-refractivity contribution is 6.24. The molecule has 10 rings (SSSR count). The molecule has 6 aromatic carbocycles. The molecule has 0 atom stereocenters. The Hall–Kier alpha value is -5.87. The van der Waals surface area contributed by atoms with Crippen LogP contribution in [0, 0.1) is 0 Å². The van der Waals surface area contributed by atoms with Crippen molar-refractivity contribution in [2.24, 2.45) is 0 Å². The predicted molar refractivity (Wildman–Crippen MR) is 176 cm³/mol. The van der Waals surface area contributed by atoms with Gasteiger partial charge in [0.05, 0.1) is 21.9 Å². The van der Waals surface area contributed by atoms with Crippen molar-refractivity contribution in [3.63, 3.8) is 0 Å². The second-order valence-electron chi connectivity index (χ2n) is 11.1. The number of furan rings is 2. The zero-order valence-electron chi connectivity index (χ0n) is 22.9. The molecule has 0 N–H and O–H groups in total. The van der Waals surface area contributed by atoms with Gasteiger partial charge in [0.25, 0.3) is 0 Å². The van der Waals surface area contributed by atoms with Crippen molar-refractivity contribution in [1.82, 2.24) is 9.55 Å². The number of hydrogen-bond donors (Lipinski definition) is 0. The van der Waals surface area contributed by atoms with E-state index in [1.807, 2.05) is 36.4 Å². The lowest BCUT2D eigenvalue weighted by Crippen LogP contribution is -1.94. The summed E-state index contributed by atoms with van der Waals surface area (Å²) in [6, 6.07) is 46.5. The highest BCUT2D eigenvalue weighted by atomic mass is 16.3. The van der Waals surface area contributed by atoms with Crippen molar-refractivity contribution in [3.8, 4) is 16.8 Å². The average molecular weight is 551 g/mol. The Morgan fingerprint density at radius 2 is 1.12 bits per heavy atom. The molecule has 4 aromatic heterocycles. The summed E-state index contributed by atoms with van der Waals surface area (Å²) in [4.78, 5) is 5.01. The third kappa shape index (κ3) is 3.07. The van der Waals surface area contributed by atoms with Gasteiger partial charge in [-0.3, -0.25) is 0 Å². The van der Waals surface area contributed by atoms with Crippen molar-refractivity contribution in [3.05, 3.63) is 133 Å². The minimum atomic E-state index is 0.816. The van der Waals surface area contributed by atoms with Gasteiger partial charge in [-0.25, -0.2) is 4.98 Å². The fraction of sp³-hybridized carbons (Fsp3) is 0. The molecule has 0 fully saturated rings. The van der Waals surface area contributed by atoms with Crippen molar-refractivity contribution < 1.29 is 8.83 Å². The highest BCUT2D eigenvalue weighted by Gasteiger charge is 2.20. The number of para-hydroxylation sites is 4. The molecular formula is C39H22N2O2. The molecule has 43 heavy (non-hydrogen) atoms. The largest absolute Gasteiger partial charge is 0.455 e. The molecule has 0 bridgehead atoms. The highest BCUT2D eigenvalue weighted by Crippen LogP contribution is 2.42. The maximum absolute atomic E-state index is 6.48. The minimum Gasteiger partial charge on any atom is -0.455 e. The second-order valence-corrected chi connectivity index (χ2v) is 11.1. The fourth-order valence-electron chi connectivity index (χ4n) is 6.91. The van der Waals surface area contributed by atoms with Crippen LogP contribution in [0.5, 0.6) is 0 Å². The van der Waals surface area contributed by atoms with Gasteiger partial charge in [-0.2, -0.15) is 0 Å². The summed E-state index contributed by atoms with van der Waals surface area (Å²) in [5.41, 5.74) is 10.9. The van der Waals surface area contributed by atoms with Crippen LogP contribution in [-0.2, 0) is 0 Å². The molecule has 0 aliphatic carbocycles. The van der Waals surface area contributed by atoms with Gasteiger partial charge >= 0.3 is 0 Å². The van der Waals surface area contributed by atoms with Crippen molar-refractivity contribution in [1.29, 1.82) is 0 Å². The second kappa shape index (κ2) is 8.34. The molecule has 4 heteroatoms. The molecule has 0 aliphatic heterocycles. The van der Waals surface area contributed by atoms with E-state index < -0.39 is 0 Å². The van der Waals surface area contributed by atoms with E-state index in [4.69, 9.17) is 13.8 Å². The van der Waals surface area contributed by atoms with Crippen LogP contribution in [0.25, 0.3) is 93.5 Å². The van der Waals surface area contributed by atoms with Crippen LogP contribution in [0.3, 0.4) is 0 Å². The Morgan fingerprint density at radius 3 is 1.95 bits per heavy atom. The first kappa shape index (κ1) is 22.8. The van der Waals surface area contributed by atoms with Gasteiger partial charge in [0, 0.05) is 38.2 Å². The molecule has 200 valence electrons. The van der Waals surface area contributed by atoms with E-state index in [0.717, 1.165) is 88.1 Å². The topological polar surface area (TPSA) is 44.1 Å². The van der Waals surface area contributed by atoms with Gasteiger partial charge in [0.1, 0.15) is 22.3 Å². The van der Waals surface area contributed by atoms with Crippen molar-refractivity contribution in [2.45, 2.75) is 0 Å². The first-order valence-corrected chi connectivity index (χ1v) is 14.5. The number of pyridine rings is 1. The normalized spacial score (nSPS) is 12.2. The number of nitrogens with zero attached hydrogens (tertiary/aromatic N) is 2. The Kier molecular flexibility index (Phi) is 4.42. The SMILES string of the molecule is c1ccc2c(-c3ccc(-n4c5ccccc5c5c6oc7ccccc7c6ccc54)cc3)c3oc4ccccc4c3nc2c1. The van der Waals surface area contributed by atoms with E-state index in [0.29, 0.717) is 0 Å². The van der Waals surface area contributed by atoms with Crippen LogP contribution in [0.4, 0.5) is 0 Å². The van der Waals surface area contributed by atoms with E-state index in [2.05, 4.69) is 102 Å². The number of fused-ring (bicyclic) bond motifs is 11. The number of rotatable bonds is 2. The predicted octanol–water partition coefficient (Wildman–Crippen LogP) is 10.8. The maximum Gasteiger partial charge on any atom is 0.162 e. The monoisotopic (exact) mass is 550 g/mol.